The number of nitrogens with two attached hydrogens (primary N) is 1. The van der Waals surface area contributed by atoms with E-state index < -0.39 is 48.6 Å². The van der Waals surface area contributed by atoms with Crippen molar-refractivity contribution >= 4 is 23.7 Å². The normalized spacial score (nSPS) is 20.1. The summed E-state index contributed by atoms with van der Waals surface area (Å²) in [6.07, 6.45) is 0.312. The lowest BCUT2D eigenvalue weighted by atomic mass is 10.0. The molecule has 1 rings (SSSR count). The molecule has 1 aliphatic rings. The molecule has 4 atom stereocenters. The fourth-order valence-electron chi connectivity index (χ4n) is 3.05. The molecular weight excluding hydrogens is 356 g/mol. The number of carbonyl (C=O) groups excluding carboxylic acids is 3. The number of rotatable bonds is 9. The van der Waals surface area contributed by atoms with E-state index in [0.717, 1.165) is 0 Å². The molecular formula is C17H30N4O6. The molecule has 3 amide bonds. The molecule has 0 aliphatic carbocycles. The van der Waals surface area contributed by atoms with Crippen LogP contribution >= 0.6 is 0 Å². The highest BCUT2D eigenvalue weighted by molar-refractivity contribution is 5.94. The Labute approximate surface area is 158 Å². The smallest absolute Gasteiger partial charge is 0.322 e. The molecule has 0 saturated carbocycles. The molecule has 154 valence electrons. The van der Waals surface area contributed by atoms with Crippen LogP contribution in [0.15, 0.2) is 0 Å². The average molecular weight is 386 g/mol. The largest absolute Gasteiger partial charge is 0.480 e. The summed E-state index contributed by atoms with van der Waals surface area (Å²) in [7, 11) is 0. The van der Waals surface area contributed by atoms with Gasteiger partial charge >= 0.3 is 5.97 Å². The molecule has 0 aromatic heterocycles. The third-order valence-corrected chi connectivity index (χ3v) is 4.36. The van der Waals surface area contributed by atoms with Crippen LogP contribution in [0.4, 0.5) is 0 Å². The molecule has 10 nitrogen and oxygen atoms in total. The molecule has 0 spiro atoms. The molecule has 1 fully saturated rings. The van der Waals surface area contributed by atoms with Crippen LogP contribution in [0.3, 0.4) is 0 Å². The lowest BCUT2D eigenvalue weighted by Gasteiger charge is -2.29. The zero-order chi connectivity index (χ0) is 20.7. The van der Waals surface area contributed by atoms with Crippen LogP contribution in [0, 0.1) is 5.92 Å². The van der Waals surface area contributed by atoms with Crippen LogP contribution in [0.25, 0.3) is 0 Å². The van der Waals surface area contributed by atoms with Gasteiger partial charge in [-0.05, 0) is 32.1 Å². The standard InChI is InChI=1S/C17H30N4O6/c1-9(2)7-11(18)17(27)21-6-4-5-12(21)15(25)20-14(10(3)22)16(26)19-8-13(23)24/h9-12,14,22H,4-8,18H2,1-3H3,(H,19,26)(H,20,25)(H,23,24). The van der Waals surface area contributed by atoms with Crippen LogP contribution in [-0.2, 0) is 19.2 Å². The first-order valence-corrected chi connectivity index (χ1v) is 9.08. The highest BCUT2D eigenvalue weighted by Crippen LogP contribution is 2.20. The zero-order valence-corrected chi connectivity index (χ0v) is 16.0. The second kappa shape index (κ2) is 10.2. The lowest BCUT2D eigenvalue weighted by Crippen LogP contribution is -2.58. The van der Waals surface area contributed by atoms with E-state index >= 15 is 0 Å². The van der Waals surface area contributed by atoms with Crippen LogP contribution < -0.4 is 16.4 Å². The number of hydrogen-bond acceptors (Lipinski definition) is 6. The van der Waals surface area contributed by atoms with Crippen LogP contribution in [0.2, 0.25) is 0 Å². The van der Waals surface area contributed by atoms with Crippen molar-refractivity contribution in [3.05, 3.63) is 0 Å². The van der Waals surface area contributed by atoms with E-state index in [2.05, 4.69) is 10.6 Å². The van der Waals surface area contributed by atoms with Crippen molar-refractivity contribution in [3.63, 3.8) is 0 Å². The minimum Gasteiger partial charge on any atom is -0.480 e. The number of nitrogens with zero attached hydrogens (tertiary/aromatic N) is 1. The molecule has 10 heteroatoms. The fourth-order valence-corrected chi connectivity index (χ4v) is 3.05. The Kier molecular flexibility index (Phi) is 8.64. The minimum absolute atomic E-state index is 0.233. The van der Waals surface area contributed by atoms with Gasteiger partial charge in [0.05, 0.1) is 12.1 Å². The van der Waals surface area contributed by atoms with E-state index in [1.165, 1.54) is 11.8 Å². The second-order valence-electron chi connectivity index (χ2n) is 7.26. The van der Waals surface area contributed by atoms with Gasteiger partial charge in [-0.2, -0.15) is 0 Å². The molecule has 4 unspecified atom stereocenters. The second-order valence-corrected chi connectivity index (χ2v) is 7.26. The first kappa shape index (κ1) is 22.8. The number of aliphatic carboxylic acids is 1. The van der Waals surface area contributed by atoms with E-state index in [9.17, 15) is 24.3 Å². The summed E-state index contributed by atoms with van der Waals surface area (Å²) in [6.45, 7) is 4.97. The maximum Gasteiger partial charge on any atom is 0.322 e. The number of hydrogen-bond donors (Lipinski definition) is 5. The average Bonchev–Trinajstić information content (AvgIpc) is 3.05. The van der Waals surface area contributed by atoms with Gasteiger partial charge in [0.1, 0.15) is 18.6 Å². The lowest BCUT2D eigenvalue weighted by molar-refractivity contribution is -0.142. The Morgan fingerprint density at radius 3 is 2.37 bits per heavy atom. The summed E-state index contributed by atoms with van der Waals surface area (Å²) < 4.78 is 0. The quantitative estimate of drug-likeness (QED) is 0.319. The molecule has 6 N–H and O–H groups in total. The number of aliphatic hydroxyl groups excluding tert-OH is 1. The van der Waals surface area contributed by atoms with Crippen molar-refractivity contribution in [1.82, 2.24) is 15.5 Å². The molecule has 0 aromatic carbocycles. The van der Waals surface area contributed by atoms with Crippen molar-refractivity contribution in [3.8, 4) is 0 Å². The van der Waals surface area contributed by atoms with E-state index in [4.69, 9.17) is 10.8 Å². The van der Waals surface area contributed by atoms with Crippen LogP contribution in [-0.4, -0.2) is 76.1 Å². The predicted molar refractivity (Wildman–Crippen MR) is 96.4 cm³/mol. The van der Waals surface area contributed by atoms with Crippen LogP contribution in [0.1, 0.15) is 40.0 Å². The summed E-state index contributed by atoms with van der Waals surface area (Å²) in [5.41, 5.74) is 5.94. The van der Waals surface area contributed by atoms with Gasteiger partial charge in [-0.3, -0.25) is 19.2 Å². The maximum atomic E-state index is 12.6. The molecule has 0 radical (unpaired) electrons. The maximum absolute atomic E-state index is 12.6. The van der Waals surface area contributed by atoms with Gasteiger partial charge in [0.25, 0.3) is 0 Å². The summed E-state index contributed by atoms with van der Waals surface area (Å²) >= 11 is 0. The highest BCUT2D eigenvalue weighted by Gasteiger charge is 2.38. The third-order valence-electron chi connectivity index (χ3n) is 4.36. The van der Waals surface area contributed by atoms with Gasteiger partial charge in [0.2, 0.25) is 17.7 Å². The van der Waals surface area contributed by atoms with Gasteiger partial charge in [0, 0.05) is 6.54 Å². The molecule has 0 aromatic rings. The Hall–Kier alpha value is -2.20. The minimum atomic E-state index is -1.32. The van der Waals surface area contributed by atoms with E-state index in [1.807, 2.05) is 13.8 Å². The topological polar surface area (TPSA) is 162 Å². The van der Waals surface area contributed by atoms with E-state index in [1.54, 1.807) is 0 Å². The van der Waals surface area contributed by atoms with Crippen molar-refractivity contribution in [2.75, 3.05) is 13.1 Å². The van der Waals surface area contributed by atoms with Crippen molar-refractivity contribution < 1.29 is 29.4 Å². The SMILES string of the molecule is CC(C)CC(N)C(=O)N1CCCC1C(=O)NC(C(=O)NCC(=O)O)C(C)O. The van der Waals surface area contributed by atoms with Crippen LogP contribution in [0.5, 0.6) is 0 Å². The highest BCUT2D eigenvalue weighted by atomic mass is 16.4. The third kappa shape index (κ3) is 6.79. The van der Waals surface area contributed by atoms with Crippen molar-refractivity contribution in [2.24, 2.45) is 11.7 Å². The summed E-state index contributed by atoms with van der Waals surface area (Å²) in [6, 6.07) is -2.80. The summed E-state index contributed by atoms with van der Waals surface area (Å²) in [5, 5.41) is 22.9. The fraction of sp³-hybridized carbons (Fsp3) is 0.765. The number of likely N-dealkylation sites (tertiary alicyclic amines) is 1. The van der Waals surface area contributed by atoms with Crippen molar-refractivity contribution in [2.45, 2.75) is 64.3 Å². The van der Waals surface area contributed by atoms with E-state index in [-0.39, 0.29) is 11.8 Å². The monoisotopic (exact) mass is 386 g/mol. The number of carboxylic acids is 1. The number of carboxylic acid groups (broad SMARTS) is 1. The zero-order valence-electron chi connectivity index (χ0n) is 16.0. The Morgan fingerprint density at radius 2 is 1.85 bits per heavy atom. The number of carbonyl (C=O) groups is 4. The van der Waals surface area contributed by atoms with Gasteiger partial charge < -0.3 is 31.5 Å². The van der Waals surface area contributed by atoms with Gasteiger partial charge in [0.15, 0.2) is 0 Å². The Balaban J connectivity index is 2.78. The Bertz CT molecular complexity index is 566. The summed E-state index contributed by atoms with van der Waals surface area (Å²) in [4.78, 5) is 49.2. The molecule has 27 heavy (non-hydrogen) atoms. The molecule has 1 saturated heterocycles. The first-order valence-electron chi connectivity index (χ1n) is 9.08. The predicted octanol–water partition coefficient (Wildman–Crippen LogP) is -1.58. The number of amides is 3. The first-order chi connectivity index (χ1) is 12.5. The number of aliphatic hydroxyl groups is 1. The Morgan fingerprint density at radius 1 is 1.22 bits per heavy atom. The molecule has 0 bridgehead atoms. The molecule has 1 heterocycles. The van der Waals surface area contributed by atoms with Gasteiger partial charge in [-0.15, -0.1) is 0 Å². The number of nitrogens with one attached hydrogen (secondary N) is 2. The van der Waals surface area contributed by atoms with Crippen molar-refractivity contribution in [1.29, 1.82) is 0 Å². The summed E-state index contributed by atoms with van der Waals surface area (Å²) in [5.74, 6) is -2.71. The van der Waals surface area contributed by atoms with Gasteiger partial charge in [-0.25, -0.2) is 0 Å². The molecule has 1 aliphatic heterocycles. The van der Waals surface area contributed by atoms with Gasteiger partial charge in [-0.1, -0.05) is 13.8 Å². The van der Waals surface area contributed by atoms with E-state index in [0.29, 0.717) is 25.8 Å².